The third kappa shape index (κ3) is 3.88. The van der Waals surface area contributed by atoms with Crippen LogP contribution in [0.5, 0.6) is 5.75 Å². The highest BCUT2D eigenvalue weighted by Gasteiger charge is 2.09. The number of nitrogens with two attached hydrogens (primary N) is 1. The summed E-state index contributed by atoms with van der Waals surface area (Å²) in [5.74, 6) is 0.704. The Morgan fingerprint density at radius 3 is 2.29 bits per heavy atom. The molecule has 112 valence electrons. The largest absolute Gasteiger partial charge is 0.489 e. The summed E-state index contributed by atoms with van der Waals surface area (Å²) in [6.07, 6.45) is 0.0904. The van der Waals surface area contributed by atoms with Gasteiger partial charge in [-0.1, -0.05) is 0 Å². The number of benzene rings is 1. The molecule has 0 aliphatic heterocycles. The monoisotopic (exact) mass is 303 g/mol. The molecule has 0 aliphatic rings. The van der Waals surface area contributed by atoms with Crippen LogP contribution in [0.25, 0.3) is 0 Å². The van der Waals surface area contributed by atoms with E-state index in [1.165, 1.54) is 11.8 Å². The fourth-order valence-corrected chi connectivity index (χ4v) is 2.70. The number of hydrogen-bond donors (Lipinski definition) is 1. The maximum atomic E-state index is 5.93. The summed E-state index contributed by atoms with van der Waals surface area (Å²) < 4.78 is 5.71. The number of ether oxygens (including phenoxy) is 1. The molecule has 1 aromatic carbocycles. The van der Waals surface area contributed by atoms with Crippen molar-refractivity contribution in [2.45, 2.75) is 50.8 Å². The maximum Gasteiger partial charge on any atom is 0.192 e. The van der Waals surface area contributed by atoms with Crippen LogP contribution < -0.4 is 10.5 Å². The van der Waals surface area contributed by atoms with Crippen molar-refractivity contribution in [2.24, 2.45) is 0 Å². The average molecular weight is 303 g/mol. The SMILES string of the molecule is Cc1nc(Sc2ccc(N)c(OC(C)C)c2)nc(C)c1C. The van der Waals surface area contributed by atoms with Crippen molar-refractivity contribution >= 4 is 17.4 Å². The van der Waals surface area contributed by atoms with Gasteiger partial charge in [-0.15, -0.1) is 0 Å². The lowest BCUT2D eigenvalue weighted by Gasteiger charge is -2.13. The molecular formula is C16H21N3OS. The Labute approximate surface area is 130 Å². The number of aryl methyl sites for hydroxylation is 2. The van der Waals surface area contributed by atoms with E-state index in [4.69, 9.17) is 10.5 Å². The molecule has 5 heteroatoms. The number of nitrogens with zero attached hydrogens (tertiary/aromatic N) is 2. The summed E-state index contributed by atoms with van der Waals surface area (Å²) in [4.78, 5) is 10.1. The van der Waals surface area contributed by atoms with E-state index < -0.39 is 0 Å². The number of anilines is 1. The fraction of sp³-hybridized carbons (Fsp3) is 0.375. The molecule has 0 bridgehead atoms. The summed E-state index contributed by atoms with van der Waals surface area (Å²) in [5.41, 5.74) is 9.74. The Hall–Kier alpha value is -1.75. The van der Waals surface area contributed by atoms with Gasteiger partial charge in [0.25, 0.3) is 0 Å². The Kier molecular flexibility index (Phi) is 4.73. The van der Waals surface area contributed by atoms with Crippen LogP contribution in [0.4, 0.5) is 5.69 Å². The van der Waals surface area contributed by atoms with Gasteiger partial charge < -0.3 is 10.5 Å². The predicted molar refractivity (Wildman–Crippen MR) is 87.0 cm³/mol. The van der Waals surface area contributed by atoms with Gasteiger partial charge in [-0.25, -0.2) is 9.97 Å². The minimum atomic E-state index is 0.0904. The lowest BCUT2D eigenvalue weighted by Crippen LogP contribution is -2.07. The molecule has 2 N–H and O–H groups in total. The standard InChI is InChI=1S/C16H21N3OS/c1-9(2)20-15-8-13(6-7-14(15)17)21-16-18-11(4)10(3)12(5)19-16/h6-9H,17H2,1-5H3. The minimum Gasteiger partial charge on any atom is -0.489 e. The summed E-state index contributed by atoms with van der Waals surface area (Å²) >= 11 is 1.52. The molecule has 2 rings (SSSR count). The molecule has 0 saturated carbocycles. The fourth-order valence-electron chi connectivity index (χ4n) is 1.83. The van der Waals surface area contributed by atoms with Crippen LogP contribution >= 0.6 is 11.8 Å². The third-order valence-electron chi connectivity index (χ3n) is 3.17. The normalized spacial score (nSPS) is 11.0. The van der Waals surface area contributed by atoms with Gasteiger partial charge in [0.05, 0.1) is 11.8 Å². The molecular weight excluding hydrogens is 282 g/mol. The van der Waals surface area contributed by atoms with E-state index in [9.17, 15) is 0 Å². The van der Waals surface area contributed by atoms with Gasteiger partial charge in [-0.2, -0.15) is 0 Å². The topological polar surface area (TPSA) is 61.0 Å². The highest BCUT2D eigenvalue weighted by atomic mass is 32.2. The first-order valence-electron chi connectivity index (χ1n) is 6.92. The van der Waals surface area contributed by atoms with Crippen molar-refractivity contribution < 1.29 is 4.74 Å². The summed E-state index contributed by atoms with van der Waals surface area (Å²) in [5, 5.41) is 0.746. The minimum absolute atomic E-state index is 0.0904. The van der Waals surface area contributed by atoms with Gasteiger partial charge >= 0.3 is 0 Å². The molecule has 2 aromatic rings. The van der Waals surface area contributed by atoms with E-state index in [-0.39, 0.29) is 6.10 Å². The quantitative estimate of drug-likeness (QED) is 0.685. The van der Waals surface area contributed by atoms with Crippen LogP contribution in [0.1, 0.15) is 30.8 Å². The molecule has 1 aromatic heterocycles. The van der Waals surface area contributed by atoms with Crippen molar-refractivity contribution in [3.63, 3.8) is 0 Å². The van der Waals surface area contributed by atoms with Crippen LogP contribution in [-0.4, -0.2) is 16.1 Å². The van der Waals surface area contributed by atoms with Gasteiger partial charge in [-0.3, -0.25) is 0 Å². The van der Waals surface area contributed by atoms with Gasteiger partial charge in [-0.05, 0) is 70.1 Å². The van der Waals surface area contributed by atoms with Gasteiger partial charge in [0.2, 0.25) is 0 Å². The maximum absolute atomic E-state index is 5.93. The number of aromatic nitrogens is 2. The van der Waals surface area contributed by atoms with E-state index in [2.05, 4.69) is 9.97 Å². The zero-order valence-corrected chi connectivity index (χ0v) is 13.9. The van der Waals surface area contributed by atoms with Gasteiger partial charge in [0.1, 0.15) is 5.75 Å². The first-order valence-corrected chi connectivity index (χ1v) is 7.74. The van der Waals surface area contributed by atoms with E-state index in [1.807, 2.05) is 52.8 Å². The molecule has 0 unspecified atom stereocenters. The van der Waals surface area contributed by atoms with E-state index >= 15 is 0 Å². The van der Waals surface area contributed by atoms with Crippen LogP contribution in [-0.2, 0) is 0 Å². The molecule has 0 amide bonds. The number of hydrogen-bond acceptors (Lipinski definition) is 5. The highest BCUT2D eigenvalue weighted by Crippen LogP contribution is 2.32. The van der Waals surface area contributed by atoms with Crippen LogP contribution in [0, 0.1) is 20.8 Å². The van der Waals surface area contributed by atoms with Crippen LogP contribution in [0.15, 0.2) is 28.3 Å². The summed E-state index contributed by atoms with van der Waals surface area (Å²) in [6.45, 7) is 10.0. The zero-order chi connectivity index (χ0) is 15.6. The molecule has 0 spiro atoms. The van der Waals surface area contributed by atoms with Gasteiger partial charge in [0.15, 0.2) is 5.16 Å². The van der Waals surface area contributed by atoms with Crippen molar-refractivity contribution in [3.8, 4) is 5.75 Å². The highest BCUT2D eigenvalue weighted by molar-refractivity contribution is 7.99. The first-order chi connectivity index (χ1) is 9.86. The molecule has 21 heavy (non-hydrogen) atoms. The summed E-state index contributed by atoms with van der Waals surface area (Å²) in [7, 11) is 0. The Balaban J connectivity index is 2.27. The molecule has 0 fully saturated rings. The zero-order valence-electron chi connectivity index (χ0n) is 13.1. The second-order valence-corrected chi connectivity index (χ2v) is 6.31. The van der Waals surface area contributed by atoms with E-state index in [0.29, 0.717) is 11.4 Å². The van der Waals surface area contributed by atoms with Crippen LogP contribution in [0.2, 0.25) is 0 Å². The molecule has 0 radical (unpaired) electrons. The van der Waals surface area contributed by atoms with Crippen molar-refractivity contribution in [2.75, 3.05) is 5.73 Å². The Morgan fingerprint density at radius 2 is 1.71 bits per heavy atom. The smallest absolute Gasteiger partial charge is 0.192 e. The molecule has 0 saturated heterocycles. The number of rotatable bonds is 4. The van der Waals surface area contributed by atoms with Crippen molar-refractivity contribution in [3.05, 3.63) is 35.2 Å². The van der Waals surface area contributed by atoms with Crippen LogP contribution in [0.3, 0.4) is 0 Å². The number of nitrogen functional groups attached to an aromatic ring is 1. The average Bonchev–Trinajstić information content (AvgIpc) is 2.39. The van der Waals surface area contributed by atoms with Crippen molar-refractivity contribution in [1.82, 2.24) is 9.97 Å². The molecule has 0 aliphatic carbocycles. The lowest BCUT2D eigenvalue weighted by molar-refractivity contribution is 0.243. The molecule has 0 atom stereocenters. The van der Waals surface area contributed by atoms with E-state index in [1.54, 1.807) is 0 Å². The lowest BCUT2D eigenvalue weighted by atomic mass is 10.2. The van der Waals surface area contributed by atoms with E-state index in [0.717, 1.165) is 27.0 Å². The second kappa shape index (κ2) is 6.35. The first kappa shape index (κ1) is 15.6. The molecule has 1 heterocycles. The third-order valence-corrected chi connectivity index (χ3v) is 4.02. The van der Waals surface area contributed by atoms with Crippen molar-refractivity contribution in [1.29, 1.82) is 0 Å². The predicted octanol–water partition coefficient (Wildman–Crippen LogP) is 3.92. The van der Waals surface area contributed by atoms with Gasteiger partial charge in [0, 0.05) is 16.3 Å². The Bertz CT molecular complexity index is 633. The molecule has 4 nitrogen and oxygen atoms in total. The second-order valence-electron chi connectivity index (χ2n) is 5.27. The Morgan fingerprint density at radius 1 is 1.10 bits per heavy atom. The summed E-state index contributed by atoms with van der Waals surface area (Å²) in [6, 6.07) is 5.75.